The number of amides is 1. The zero-order valence-electron chi connectivity index (χ0n) is 13.1. The highest BCUT2D eigenvalue weighted by atomic mass is 35.5. The molecule has 0 aliphatic carbocycles. The van der Waals surface area contributed by atoms with Crippen molar-refractivity contribution < 1.29 is 9.53 Å². The average molecular weight is 328 g/mol. The molecule has 1 aliphatic rings. The smallest absolute Gasteiger partial charge is 0.251 e. The molecule has 0 unspecified atom stereocenters. The van der Waals surface area contributed by atoms with Gasteiger partial charge >= 0.3 is 0 Å². The molecule has 1 saturated heterocycles. The van der Waals surface area contributed by atoms with Crippen molar-refractivity contribution in [1.29, 1.82) is 0 Å². The lowest BCUT2D eigenvalue weighted by Crippen LogP contribution is -2.44. The van der Waals surface area contributed by atoms with Gasteiger partial charge in [-0.15, -0.1) is 12.4 Å². The monoisotopic (exact) mass is 327 g/mol. The molecule has 0 radical (unpaired) electrons. The maximum Gasteiger partial charge on any atom is 0.251 e. The third kappa shape index (κ3) is 6.22. The summed E-state index contributed by atoms with van der Waals surface area (Å²) in [4.78, 5) is 14.5. The first-order valence-corrected chi connectivity index (χ1v) is 7.73. The third-order valence-electron chi connectivity index (χ3n) is 3.55. The zero-order valence-corrected chi connectivity index (χ0v) is 14.0. The molecule has 1 heterocycles. The van der Waals surface area contributed by atoms with Crippen molar-refractivity contribution in [1.82, 2.24) is 15.5 Å². The van der Waals surface area contributed by atoms with Crippen molar-refractivity contribution in [2.24, 2.45) is 0 Å². The second-order valence-corrected chi connectivity index (χ2v) is 5.16. The maximum absolute atomic E-state index is 12.1. The van der Waals surface area contributed by atoms with Gasteiger partial charge in [-0.05, 0) is 38.1 Å². The second-order valence-electron chi connectivity index (χ2n) is 5.16. The Morgan fingerprint density at radius 1 is 1.36 bits per heavy atom. The Morgan fingerprint density at radius 2 is 2.14 bits per heavy atom. The fourth-order valence-electron chi connectivity index (χ4n) is 2.44. The molecule has 1 aromatic carbocycles. The minimum absolute atomic E-state index is 0. The van der Waals surface area contributed by atoms with Gasteiger partial charge in [0.15, 0.2) is 0 Å². The normalized spacial score (nSPS) is 15.0. The highest BCUT2D eigenvalue weighted by Crippen LogP contribution is 2.13. The summed E-state index contributed by atoms with van der Waals surface area (Å²) < 4.78 is 5.41. The Bertz CT molecular complexity index is 451. The van der Waals surface area contributed by atoms with Crippen LogP contribution in [-0.4, -0.2) is 56.7 Å². The van der Waals surface area contributed by atoms with E-state index < -0.39 is 0 Å². The van der Waals surface area contributed by atoms with Gasteiger partial charge in [0, 0.05) is 38.3 Å². The second kappa shape index (κ2) is 10.4. The molecule has 1 fully saturated rings. The van der Waals surface area contributed by atoms with Crippen LogP contribution < -0.4 is 15.4 Å². The van der Waals surface area contributed by atoms with Crippen LogP contribution >= 0.6 is 12.4 Å². The number of benzene rings is 1. The first-order chi connectivity index (χ1) is 10.3. The molecule has 1 aromatic rings. The van der Waals surface area contributed by atoms with Crippen LogP contribution in [0.25, 0.3) is 0 Å². The average Bonchev–Trinajstić information content (AvgIpc) is 2.53. The summed E-state index contributed by atoms with van der Waals surface area (Å²) in [5.41, 5.74) is 0.656. The van der Waals surface area contributed by atoms with Crippen LogP contribution in [0, 0.1) is 0 Å². The van der Waals surface area contributed by atoms with Crippen molar-refractivity contribution in [2.75, 3.05) is 45.9 Å². The summed E-state index contributed by atoms with van der Waals surface area (Å²) >= 11 is 0. The number of nitrogens with one attached hydrogen (secondary N) is 2. The zero-order chi connectivity index (χ0) is 14.9. The molecule has 124 valence electrons. The predicted molar refractivity (Wildman–Crippen MR) is 91.1 cm³/mol. The molecular weight excluding hydrogens is 302 g/mol. The fourth-order valence-corrected chi connectivity index (χ4v) is 2.44. The van der Waals surface area contributed by atoms with Crippen molar-refractivity contribution >= 4 is 18.3 Å². The number of hydrogen-bond donors (Lipinski definition) is 2. The molecule has 22 heavy (non-hydrogen) atoms. The minimum atomic E-state index is -0.0307. The van der Waals surface area contributed by atoms with E-state index in [1.54, 1.807) is 6.07 Å². The number of piperazine rings is 1. The van der Waals surface area contributed by atoms with Crippen molar-refractivity contribution in [3.05, 3.63) is 29.8 Å². The van der Waals surface area contributed by atoms with Crippen molar-refractivity contribution in [2.45, 2.75) is 13.3 Å². The van der Waals surface area contributed by atoms with Gasteiger partial charge in [-0.3, -0.25) is 4.79 Å². The number of hydrogen-bond acceptors (Lipinski definition) is 4. The van der Waals surface area contributed by atoms with Gasteiger partial charge in [-0.2, -0.15) is 0 Å². The van der Waals surface area contributed by atoms with Gasteiger partial charge in [0.1, 0.15) is 5.75 Å². The largest absolute Gasteiger partial charge is 0.494 e. The molecule has 0 saturated carbocycles. The fraction of sp³-hybridized carbons (Fsp3) is 0.562. The topological polar surface area (TPSA) is 53.6 Å². The molecular formula is C16H26ClN3O2. The van der Waals surface area contributed by atoms with Gasteiger partial charge in [0.25, 0.3) is 5.91 Å². The van der Waals surface area contributed by atoms with Crippen LogP contribution in [0.1, 0.15) is 23.7 Å². The summed E-state index contributed by atoms with van der Waals surface area (Å²) in [6.45, 7) is 8.63. The lowest BCUT2D eigenvalue weighted by Gasteiger charge is -2.27. The summed E-state index contributed by atoms with van der Waals surface area (Å²) in [6.07, 6.45) is 0.983. The lowest BCUT2D eigenvalue weighted by molar-refractivity contribution is 0.0951. The van der Waals surface area contributed by atoms with E-state index in [0.29, 0.717) is 18.7 Å². The van der Waals surface area contributed by atoms with Crippen LogP contribution in [0.2, 0.25) is 0 Å². The quantitative estimate of drug-likeness (QED) is 0.746. The van der Waals surface area contributed by atoms with E-state index in [0.717, 1.165) is 44.9 Å². The molecule has 0 atom stereocenters. The molecule has 1 aliphatic heterocycles. The number of rotatable bonds is 7. The highest BCUT2D eigenvalue weighted by Gasteiger charge is 2.09. The van der Waals surface area contributed by atoms with Gasteiger partial charge in [0.2, 0.25) is 0 Å². The summed E-state index contributed by atoms with van der Waals surface area (Å²) in [6, 6.07) is 7.31. The third-order valence-corrected chi connectivity index (χ3v) is 3.55. The molecule has 2 N–H and O–H groups in total. The number of ether oxygens (including phenoxy) is 1. The van der Waals surface area contributed by atoms with E-state index in [2.05, 4.69) is 15.5 Å². The first-order valence-electron chi connectivity index (χ1n) is 7.73. The van der Waals surface area contributed by atoms with Crippen molar-refractivity contribution in [3.63, 3.8) is 0 Å². The van der Waals surface area contributed by atoms with E-state index in [4.69, 9.17) is 4.74 Å². The highest BCUT2D eigenvalue weighted by molar-refractivity contribution is 5.94. The summed E-state index contributed by atoms with van der Waals surface area (Å²) in [5, 5.41) is 6.31. The SMILES string of the molecule is CCOc1cccc(C(=O)NCCCN2CCNCC2)c1.Cl. The number of carbonyl (C=O) groups excluding carboxylic acids is 1. The maximum atomic E-state index is 12.1. The van der Waals surface area contributed by atoms with Crippen LogP contribution in [0.4, 0.5) is 0 Å². The number of halogens is 1. The molecule has 1 amide bonds. The molecule has 0 bridgehead atoms. The Balaban J connectivity index is 0.00000242. The van der Waals surface area contributed by atoms with E-state index in [-0.39, 0.29) is 18.3 Å². The van der Waals surface area contributed by atoms with Crippen LogP contribution in [-0.2, 0) is 0 Å². The van der Waals surface area contributed by atoms with Gasteiger partial charge in [-0.1, -0.05) is 6.07 Å². The van der Waals surface area contributed by atoms with Gasteiger partial charge in [-0.25, -0.2) is 0 Å². The van der Waals surface area contributed by atoms with Gasteiger partial charge < -0.3 is 20.3 Å². The number of nitrogens with zero attached hydrogens (tertiary/aromatic N) is 1. The first kappa shape index (κ1) is 18.7. The standard InChI is InChI=1S/C16H25N3O2.ClH/c1-2-21-15-6-3-5-14(13-15)16(20)18-7-4-10-19-11-8-17-9-12-19;/h3,5-6,13,17H,2,4,7-12H2,1H3,(H,18,20);1H. The Labute approximate surface area is 138 Å². The Morgan fingerprint density at radius 3 is 2.86 bits per heavy atom. The Kier molecular flexibility index (Phi) is 8.89. The van der Waals surface area contributed by atoms with E-state index >= 15 is 0 Å². The van der Waals surface area contributed by atoms with E-state index in [9.17, 15) is 4.79 Å². The van der Waals surface area contributed by atoms with Crippen molar-refractivity contribution in [3.8, 4) is 5.75 Å². The predicted octanol–water partition coefficient (Wildman–Crippen LogP) is 1.53. The molecule has 0 spiro atoms. The van der Waals surface area contributed by atoms with Crippen LogP contribution in [0.15, 0.2) is 24.3 Å². The molecule has 6 heteroatoms. The Hall–Kier alpha value is -1.30. The molecule has 0 aromatic heterocycles. The minimum Gasteiger partial charge on any atom is -0.494 e. The summed E-state index contributed by atoms with van der Waals surface area (Å²) in [7, 11) is 0. The molecule has 2 rings (SSSR count). The molecule has 5 nitrogen and oxygen atoms in total. The summed E-state index contributed by atoms with van der Waals surface area (Å²) in [5.74, 6) is 0.711. The van der Waals surface area contributed by atoms with E-state index in [1.807, 2.05) is 25.1 Å². The van der Waals surface area contributed by atoms with Crippen LogP contribution in [0.5, 0.6) is 5.75 Å². The van der Waals surface area contributed by atoms with Crippen LogP contribution in [0.3, 0.4) is 0 Å². The van der Waals surface area contributed by atoms with E-state index in [1.165, 1.54) is 0 Å². The van der Waals surface area contributed by atoms with Gasteiger partial charge in [0.05, 0.1) is 6.61 Å². The number of carbonyl (C=O) groups is 1. The lowest BCUT2D eigenvalue weighted by atomic mass is 10.2.